The maximum atomic E-state index is 13.1. The summed E-state index contributed by atoms with van der Waals surface area (Å²) in [6.07, 6.45) is 0. The molecule has 0 saturated heterocycles. The van der Waals surface area contributed by atoms with Gasteiger partial charge < -0.3 is 10.1 Å². The third kappa shape index (κ3) is 5.35. The Morgan fingerprint density at radius 1 is 1.20 bits per heavy atom. The van der Waals surface area contributed by atoms with Crippen LogP contribution in [0.1, 0.15) is 17.3 Å². The van der Waals surface area contributed by atoms with Crippen LogP contribution in [0.5, 0.6) is 0 Å². The van der Waals surface area contributed by atoms with Crippen LogP contribution in [0, 0.1) is 5.82 Å². The summed E-state index contributed by atoms with van der Waals surface area (Å²) in [7, 11) is -2.22. The fraction of sp³-hybridized carbons (Fsp3) is 0.235. The lowest BCUT2D eigenvalue weighted by Gasteiger charge is -2.13. The Morgan fingerprint density at radius 2 is 1.88 bits per heavy atom. The van der Waals surface area contributed by atoms with Gasteiger partial charge in [0.25, 0.3) is 5.91 Å². The second-order valence-electron chi connectivity index (χ2n) is 5.47. The van der Waals surface area contributed by atoms with Crippen molar-refractivity contribution in [3.63, 3.8) is 0 Å². The van der Waals surface area contributed by atoms with Gasteiger partial charge in [-0.1, -0.05) is 6.07 Å². The highest BCUT2D eigenvalue weighted by atomic mass is 32.2. The Balaban J connectivity index is 2.09. The highest BCUT2D eigenvalue weighted by Crippen LogP contribution is 2.14. The summed E-state index contributed by atoms with van der Waals surface area (Å²) in [6, 6.07) is 10.6. The van der Waals surface area contributed by atoms with E-state index in [0.29, 0.717) is 5.69 Å². The van der Waals surface area contributed by atoms with Gasteiger partial charge in [0.1, 0.15) is 5.82 Å². The molecule has 0 radical (unpaired) electrons. The Kier molecular flexibility index (Phi) is 6.24. The Bertz CT molecular complexity index is 838. The first-order valence-electron chi connectivity index (χ1n) is 7.50. The molecule has 2 aromatic carbocycles. The lowest BCUT2D eigenvalue weighted by atomic mass is 10.2. The van der Waals surface area contributed by atoms with Crippen molar-refractivity contribution in [3.05, 3.63) is 59.9 Å². The van der Waals surface area contributed by atoms with Gasteiger partial charge in [0.15, 0.2) is 0 Å². The largest absolute Gasteiger partial charge is 0.383 e. The number of nitrogens with one attached hydrogen (secondary N) is 2. The second kappa shape index (κ2) is 8.19. The molecular weight excluding hydrogens is 347 g/mol. The molecule has 8 heteroatoms. The number of amides is 1. The van der Waals surface area contributed by atoms with Crippen molar-refractivity contribution < 1.29 is 22.3 Å². The third-order valence-corrected chi connectivity index (χ3v) is 4.89. The van der Waals surface area contributed by atoms with Crippen molar-refractivity contribution in [3.8, 4) is 0 Å². The monoisotopic (exact) mass is 366 g/mol. The first-order chi connectivity index (χ1) is 11.8. The SMILES string of the molecule is COC[C@H](C)NS(=O)(=O)c1ccc(C(=O)Nc2cccc(F)c2)cc1. The highest BCUT2D eigenvalue weighted by molar-refractivity contribution is 7.89. The molecule has 0 saturated carbocycles. The lowest BCUT2D eigenvalue weighted by Crippen LogP contribution is -2.35. The van der Waals surface area contributed by atoms with Crippen molar-refractivity contribution in [2.24, 2.45) is 0 Å². The molecule has 2 rings (SSSR count). The molecule has 0 unspecified atom stereocenters. The summed E-state index contributed by atoms with van der Waals surface area (Å²) in [4.78, 5) is 12.2. The summed E-state index contributed by atoms with van der Waals surface area (Å²) < 4.78 is 44.9. The number of carbonyl (C=O) groups is 1. The molecule has 0 fully saturated rings. The molecule has 6 nitrogen and oxygen atoms in total. The van der Waals surface area contributed by atoms with Crippen LogP contribution in [0.2, 0.25) is 0 Å². The number of carbonyl (C=O) groups excluding carboxylic acids is 1. The zero-order valence-electron chi connectivity index (χ0n) is 13.8. The Labute approximate surface area is 146 Å². The van der Waals surface area contributed by atoms with Crippen LogP contribution in [-0.2, 0) is 14.8 Å². The van der Waals surface area contributed by atoms with E-state index in [1.807, 2.05) is 0 Å². The molecule has 0 heterocycles. The number of benzene rings is 2. The second-order valence-corrected chi connectivity index (χ2v) is 7.18. The molecule has 1 amide bonds. The van der Waals surface area contributed by atoms with Crippen LogP contribution in [0.15, 0.2) is 53.4 Å². The first-order valence-corrected chi connectivity index (χ1v) is 8.98. The Hall–Kier alpha value is -2.29. The summed E-state index contributed by atoms with van der Waals surface area (Å²) in [6.45, 7) is 1.93. The minimum absolute atomic E-state index is 0.0396. The molecule has 0 aliphatic rings. The number of anilines is 1. The van der Waals surface area contributed by atoms with Gasteiger partial charge in [-0.15, -0.1) is 0 Å². The van der Waals surface area contributed by atoms with E-state index in [9.17, 15) is 17.6 Å². The highest BCUT2D eigenvalue weighted by Gasteiger charge is 2.18. The van der Waals surface area contributed by atoms with Gasteiger partial charge >= 0.3 is 0 Å². The number of methoxy groups -OCH3 is 1. The van der Waals surface area contributed by atoms with Crippen LogP contribution in [0.4, 0.5) is 10.1 Å². The van der Waals surface area contributed by atoms with Gasteiger partial charge in [0.2, 0.25) is 10.0 Å². The zero-order valence-corrected chi connectivity index (χ0v) is 14.6. The van der Waals surface area contributed by atoms with Gasteiger partial charge in [-0.25, -0.2) is 17.5 Å². The predicted octanol–water partition coefficient (Wildman–Crippen LogP) is 2.39. The van der Waals surface area contributed by atoms with Crippen LogP contribution >= 0.6 is 0 Å². The minimum Gasteiger partial charge on any atom is -0.383 e. The average molecular weight is 366 g/mol. The Morgan fingerprint density at radius 3 is 2.48 bits per heavy atom. The lowest BCUT2D eigenvalue weighted by molar-refractivity contribution is 0.102. The molecule has 0 aliphatic carbocycles. The summed E-state index contributed by atoms with van der Waals surface area (Å²) in [5.74, 6) is -0.925. The average Bonchev–Trinajstić information content (AvgIpc) is 2.54. The number of ether oxygens (including phenoxy) is 1. The molecule has 134 valence electrons. The molecule has 2 N–H and O–H groups in total. The van der Waals surface area contributed by atoms with Crippen LogP contribution in [0.25, 0.3) is 0 Å². The van der Waals surface area contributed by atoms with Crippen molar-refractivity contribution in [1.29, 1.82) is 0 Å². The van der Waals surface area contributed by atoms with Gasteiger partial charge in [0.05, 0.1) is 11.5 Å². The molecule has 2 aromatic rings. The maximum absolute atomic E-state index is 13.1. The van der Waals surface area contributed by atoms with Gasteiger partial charge in [-0.2, -0.15) is 0 Å². The normalized spacial score (nSPS) is 12.6. The van der Waals surface area contributed by atoms with E-state index in [1.165, 1.54) is 49.6 Å². The van der Waals surface area contributed by atoms with E-state index in [4.69, 9.17) is 4.74 Å². The van der Waals surface area contributed by atoms with Crippen molar-refractivity contribution in [1.82, 2.24) is 4.72 Å². The molecule has 0 spiro atoms. The van der Waals surface area contributed by atoms with Crippen molar-refractivity contribution in [2.45, 2.75) is 17.9 Å². The quantitative estimate of drug-likeness (QED) is 0.788. The van der Waals surface area contributed by atoms with E-state index in [0.717, 1.165) is 0 Å². The molecule has 1 atom stereocenters. The number of rotatable bonds is 7. The molecule has 0 aromatic heterocycles. The number of hydrogen-bond acceptors (Lipinski definition) is 4. The number of sulfonamides is 1. The van der Waals surface area contributed by atoms with Crippen LogP contribution in [0.3, 0.4) is 0 Å². The number of halogens is 1. The first kappa shape index (κ1) is 19.0. The van der Waals surface area contributed by atoms with Crippen molar-refractivity contribution in [2.75, 3.05) is 19.0 Å². The topological polar surface area (TPSA) is 84.5 Å². The van der Waals surface area contributed by atoms with Gasteiger partial charge in [0, 0.05) is 24.4 Å². The van der Waals surface area contributed by atoms with E-state index in [-0.39, 0.29) is 23.1 Å². The molecular formula is C17H19FN2O4S. The van der Waals surface area contributed by atoms with E-state index in [2.05, 4.69) is 10.0 Å². The number of hydrogen-bond donors (Lipinski definition) is 2. The van der Waals surface area contributed by atoms with E-state index >= 15 is 0 Å². The minimum atomic E-state index is -3.70. The maximum Gasteiger partial charge on any atom is 0.255 e. The smallest absolute Gasteiger partial charge is 0.255 e. The fourth-order valence-electron chi connectivity index (χ4n) is 2.17. The van der Waals surface area contributed by atoms with E-state index in [1.54, 1.807) is 13.0 Å². The van der Waals surface area contributed by atoms with Crippen LogP contribution < -0.4 is 10.0 Å². The summed E-state index contributed by atoms with van der Waals surface area (Å²) in [5, 5.41) is 2.55. The molecule has 0 aliphatic heterocycles. The molecule has 25 heavy (non-hydrogen) atoms. The summed E-state index contributed by atoms with van der Waals surface area (Å²) in [5.41, 5.74) is 0.574. The van der Waals surface area contributed by atoms with Gasteiger partial charge in [-0.05, 0) is 49.4 Å². The molecule has 0 bridgehead atoms. The third-order valence-electron chi connectivity index (χ3n) is 3.28. The standard InChI is InChI=1S/C17H19FN2O4S/c1-12(11-24-2)20-25(22,23)16-8-6-13(7-9-16)17(21)19-15-5-3-4-14(18)10-15/h3-10,12,20H,11H2,1-2H3,(H,19,21)/t12-/m0/s1. The van der Waals surface area contributed by atoms with Gasteiger partial charge in [-0.3, -0.25) is 4.79 Å². The fourth-order valence-corrected chi connectivity index (χ4v) is 3.40. The summed E-state index contributed by atoms with van der Waals surface area (Å²) >= 11 is 0. The van der Waals surface area contributed by atoms with Crippen LogP contribution in [-0.4, -0.2) is 34.1 Å². The van der Waals surface area contributed by atoms with E-state index < -0.39 is 21.7 Å². The van der Waals surface area contributed by atoms with Crippen molar-refractivity contribution >= 4 is 21.6 Å². The predicted molar refractivity (Wildman–Crippen MR) is 92.5 cm³/mol. The zero-order chi connectivity index (χ0) is 18.4.